The summed E-state index contributed by atoms with van der Waals surface area (Å²) in [4.78, 5) is 10.6. The van der Waals surface area contributed by atoms with Crippen molar-refractivity contribution in [1.29, 1.82) is 0 Å². The van der Waals surface area contributed by atoms with Gasteiger partial charge in [0, 0.05) is 12.1 Å². The minimum Gasteiger partial charge on any atom is -0.475 e. The predicted octanol–water partition coefficient (Wildman–Crippen LogP) is 1.64. The van der Waals surface area contributed by atoms with Crippen LogP contribution in [0.4, 0.5) is 0 Å². The number of furan rings is 1. The summed E-state index contributed by atoms with van der Waals surface area (Å²) >= 11 is 0. The molecule has 0 saturated carbocycles. The summed E-state index contributed by atoms with van der Waals surface area (Å²) in [6.07, 6.45) is 4.05. The van der Waals surface area contributed by atoms with Crippen molar-refractivity contribution in [3.8, 4) is 0 Å². The average Bonchev–Trinajstić information content (AvgIpc) is 2.60. The van der Waals surface area contributed by atoms with Gasteiger partial charge >= 0.3 is 5.97 Å². The molecule has 4 nitrogen and oxygen atoms in total. The normalized spacial score (nSPS) is 10.0. The summed E-state index contributed by atoms with van der Waals surface area (Å²) in [6.45, 7) is 4.88. The van der Waals surface area contributed by atoms with Crippen molar-refractivity contribution < 1.29 is 14.3 Å². The van der Waals surface area contributed by atoms with Crippen LogP contribution in [0.15, 0.2) is 29.4 Å². The van der Waals surface area contributed by atoms with Crippen LogP contribution in [0.5, 0.6) is 0 Å². The van der Waals surface area contributed by atoms with E-state index in [-0.39, 0.29) is 5.76 Å². The minimum absolute atomic E-state index is 0.0103. The third kappa shape index (κ3) is 2.74. The highest BCUT2D eigenvalue weighted by Gasteiger charge is 2.12. The van der Waals surface area contributed by atoms with E-state index in [9.17, 15) is 4.79 Å². The van der Waals surface area contributed by atoms with E-state index in [0.717, 1.165) is 13.0 Å². The first-order valence-corrected chi connectivity index (χ1v) is 4.37. The molecule has 76 valence electrons. The molecule has 0 spiro atoms. The third-order valence-electron chi connectivity index (χ3n) is 1.78. The molecule has 0 aliphatic carbocycles. The summed E-state index contributed by atoms with van der Waals surface area (Å²) in [7, 11) is 0. The summed E-state index contributed by atoms with van der Waals surface area (Å²) in [5.41, 5.74) is 0.668. The van der Waals surface area contributed by atoms with Gasteiger partial charge in [-0.2, -0.15) is 0 Å². The van der Waals surface area contributed by atoms with E-state index in [1.807, 2.05) is 0 Å². The zero-order chi connectivity index (χ0) is 10.4. The van der Waals surface area contributed by atoms with Gasteiger partial charge in [-0.1, -0.05) is 6.08 Å². The maximum absolute atomic E-state index is 10.6. The van der Waals surface area contributed by atoms with Crippen LogP contribution in [0.3, 0.4) is 0 Å². The topological polar surface area (TPSA) is 62.5 Å². The zero-order valence-corrected chi connectivity index (χ0v) is 7.82. The van der Waals surface area contributed by atoms with Gasteiger partial charge < -0.3 is 14.8 Å². The Balaban J connectivity index is 2.45. The largest absolute Gasteiger partial charge is 0.475 e. The quantitative estimate of drug-likeness (QED) is 0.535. The summed E-state index contributed by atoms with van der Waals surface area (Å²) in [5.74, 6) is -1.02. The summed E-state index contributed by atoms with van der Waals surface area (Å²) in [5, 5.41) is 11.8. The smallest absolute Gasteiger partial charge is 0.372 e. The lowest BCUT2D eigenvalue weighted by Gasteiger charge is -2.00. The van der Waals surface area contributed by atoms with Crippen molar-refractivity contribution in [1.82, 2.24) is 5.32 Å². The van der Waals surface area contributed by atoms with Crippen LogP contribution in [0.1, 0.15) is 22.5 Å². The minimum atomic E-state index is -1.03. The van der Waals surface area contributed by atoms with Gasteiger partial charge in [0.2, 0.25) is 5.76 Å². The molecule has 14 heavy (non-hydrogen) atoms. The number of carboxylic acids is 1. The molecule has 0 unspecified atom stereocenters. The number of carbonyl (C=O) groups is 1. The van der Waals surface area contributed by atoms with Crippen molar-refractivity contribution in [3.05, 3.63) is 36.3 Å². The maximum Gasteiger partial charge on any atom is 0.372 e. The van der Waals surface area contributed by atoms with Gasteiger partial charge in [0.1, 0.15) is 0 Å². The first-order chi connectivity index (χ1) is 6.75. The van der Waals surface area contributed by atoms with Gasteiger partial charge in [-0.3, -0.25) is 0 Å². The number of rotatable bonds is 6. The molecule has 2 N–H and O–H groups in total. The van der Waals surface area contributed by atoms with E-state index in [2.05, 4.69) is 11.9 Å². The second kappa shape index (κ2) is 5.24. The van der Waals surface area contributed by atoms with Crippen LogP contribution in [0.25, 0.3) is 0 Å². The molecule has 0 bridgehead atoms. The average molecular weight is 195 g/mol. The highest BCUT2D eigenvalue weighted by Crippen LogP contribution is 2.09. The van der Waals surface area contributed by atoms with E-state index >= 15 is 0 Å². The molecule has 0 atom stereocenters. The van der Waals surface area contributed by atoms with Crippen LogP contribution in [-0.2, 0) is 6.54 Å². The highest BCUT2D eigenvalue weighted by atomic mass is 16.4. The molecule has 0 aliphatic heterocycles. The highest BCUT2D eigenvalue weighted by molar-refractivity contribution is 5.86. The fourth-order valence-electron chi connectivity index (χ4n) is 1.09. The Hall–Kier alpha value is -1.55. The van der Waals surface area contributed by atoms with Gasteiger partial charge in [-0.05, 0) is 19.0 Å². The zero-order valence-electron chi connectivity index (χ0n) is 7.82. The fourth-order valence-corrected chi connectivity index (χ4v) is 1.09. The molecule has 1 heterocycles. The molecule has 1 aromatic heterocycles. The Morgan fingerprint density at radius 1 is 1.71 bits per heavy atom. The van der Waals surface area contributed by atoms with E-state index < -0.39 is 5.97 Å². The van der Waals surface area contributed by atoms with Crippen LogP contribution < -0.4 is 5.32 Å². The van der Waals surface area contributed by atoms with E-state index in [1.54, 1.807) is 12.1 Å². The molecular formula is C10H13NO3. The molecule has 0 saturated heterocycles. The van der Waals surface area contributed by atoms with Crippen molar-refractivity contribution >= 4 is 5.97 Å². The van der Waals surface area contributed by atoms with E-state index in [4.69, 9.17) is 9.52 Å². The molecule has 0 radical (unpaired) electrons. The Kier molecular flexibility index (Phi) is 3.94. The Bertz CT molecular complexity index is 317. The number of hydrogen-bond donors (Lipinski definition) is 2. The lowest BCUT2D eigenvalue weighted by atomic mass is 10.2. The number of aromatic carboxylic acids is 1. The molecule has 0 amide bonds. The van der Waals surface area contributed by atoms with Gasteiger partial charge in [0.15, 0.2) is 0 Å². The van der Waals surface area contributed by atoms with Crippen LogP contribution >= 0.6 is 0 Å². The van der Waals surface area contributed by atoms with Crippen LogP contribution in [-0.4, -0.2) is 17.6 Å². The lowest BCUT2D eigenvalue weighted by molar-refractivity contribution is 0.0660. The molecule has 1 rings (SSSR count). The molecule has 0 fully saturated rings. The first kappa shape index (κ1) is 10.5. The van der Waals surface area contributed by atoms with Gasteiger partial charge in [-0.15, -0.1) is 6.58 Å². The van der Waals surface area contributed by atoms with E-state index in [1.165, 1.54) is 6.26 Å². The number of carboxylic acid groups (broad SMARTS) is 1. The maximum atomic E-state index is 10.6. The molecule has 1 aromatic rings. The van der Waals surface area contributed by atoms with E-state index in [0.29, 0.717) is 12.1 Å². The summed E-state index contributed by atoms with van der Waals surface area (Å²) in [6, 6.07) is 1.66. The first-order valence-electron chi connectivity index (χ1n) is 4.37. The third-order valence-corrected chi connectivity index (χ3v) is 1.78. The molecule has 4 heteroatoms. The Morgan fingerprint density at radius 2 is 2.50 bits per heavy atom. The monoisotopic (exact) mass is 195 g/mol. The predicted molar refractivity (Wildman–Crippen MR) is 52.2 cm³/mol. The van der Waals surface area contributed by atoms with Crippen molar-refractivity contribution in [3.63, 3.8) is 0 Å². The summed E-state index contributed by atoms with van der Waals surface area (Å²) < 4.78 is 4.82. The van der Waals surface area contributed by atoms with Gasteiger partial charge in [-0.25, -0.2) is 4.79 Å². The molecule has 0 aromatic carbocycles. The molecule has 0 aliphatic rings. The number of hydrogen-bond acceptors (Lipinski definition) is 3. The van der Waals surface area contributed by atoms with Crippen molar-refractivity contribution in [2.75, 3.05) is 6.54 Å². The van der Waals surface area contributed by atoms with Gasteiger partial charge in [0.05, 0.1) is 6.26 Å². The SMILES string of the molecule is C=CCCNCc1ccoc1C(=O)O. The second-order valence-corrected chi connectivity index (χ2v) is 2.83. The van der Waals surface area contributed by atoms with Crippen LogP contribution in [0, 0.1) is 0 Å². The lowest BCUT2D eigenvalue weighted by Crippen LogP contribution is -2.15. The number of nitrogens with one attached hydrogen (secondary N) is 1. The molecular weight excluding hydrogens is 182 g/mol. The van der Waals surface area contributed by atoms with Crippen molar-refractivity contribution in [2.45, 2.75) is 13.0 Å². The van der Waals surface area contributed by atoms with Crippen molar-refractivity contribution in [2.24, 2.45) is 0 Å². The van der Waals surface area contributed by atoms with Gasteiger partial charge in [0.25, 0.3) is 0 Å². The standard InChI is InChI=1S/C10H13NO3/c1-2-3-5-11-7-8-4-6-14-9(8)10(12)13/h2,4,6,11H,1,3,5,7H2,(H,12,13). The fraction of sp³-hybridized carbons (Fsp3) is 0.300. The Morgan fingerprint density at radius 3 is 3.14 bits per heavy atom. The Labute approximate surface area is 82.2 Å². The second-order valence-electron chi connectivity index (χ2n) is 2.83. The van der Waals surface area contributed by atoms with Crippen LogP contribution in [0.2, 0.25) is 0 Å².